The summed E-state index contributed by atoms with van der Waals surface area (Å²) in [4.78, 5) is 7.01. The Morgan fingerprint density at radius 1 is 1.21 bits per heavy atom. The third kappa shape index (κ3) is 4.25. The largest absolute Gasteiger partial charge is 0.448 e. The van der Waals surface area contributed by atoms with Gasteiger partial charge in [-0.2, -0.15) is 0 Å². The Kier molecular flexibility index (Phi) is 5.36. The number of rotatable bonds is 6. The molecule has 0 N–H and O–H groups in total. The van der Waals surface area contributed by atoms with Gasteiger partial charge in [-0.15, -0.1) is 0 Å². The van der Waals surface area contributed by atoms with Crippen LogP contribution in [0, 0.1) is 0 Å². The number of oxazole rings is 1. The highest BCUT2D eigenvalue weighted by Gasteiger charge is 2.28. The lowest BCUT2D eigenvalue weighted by Crippen LogP contribution is -2.37. The summed E-state index contributed by atoms with van der Waals surface area (Å²) in [5.41, 5.74) is 2.41. The zero-order valence-electron chi connectivity index (χ0n) is 15.0. The topological polar surface area (TPSA) is 38.5 Å². The van der Waals surface area contributed by atoms with Crippen molar-refractivity contribution in [2.45, 2.75) is 51.6 Å². The van der Waals surface area contributed by atoms with Gasteiger partial charge in [0.25, 0.3) is 0 Å². The molecule has 24 heavy (non-hydrogen) atoms. The second-order valence-corrected chi connectivity index (χ2v) is 7.60. The molecule has 0 amide bonds. The van der Waals surface area contributed by atoms with E-state index in [0.717, 1.165) is 50.6 Å². The summed E-state index contributed by atoms with van der Waals surface area (Å²) < 4.78 is 11.3. The van der Waals surface area contributed by atoms with Crippen LogP contribution in [0.5, 0.6) is 0 Å². The van der Waals surface area contributed by atoms with Gasteiger partial charge in [0.05, 0.1) is 12.3 Å². The molecular formula is C20H28N2O2. The summed E-state index contributed by atoms with van der Waals surface area (Å²) in [6, 6.07) is 11.1. The zero-order chi connectivity index (χ0) is 17.0. The molecule has 1 saturated heterocycles. The fraction of sp³-hybridized carbons (Fsp3) is 0.550. The van der Waals surface area contributed by atoms with Crippen LogP contribution in [-0.4, -0.2) is 35.7 Å². The first-order chi connectivity index (χ1) is 11.5. The Bertz CT molecular complexity index is 625. The van der Waals surface area contributed by atoms with E-state index in [1.807, 2.05) is 0 Å². The molecule has 130 valence electrons. The van der Waals surface area contributed by atoms with Gasteiger partial charge in [-0.3, -0.25) is 4.90 Å². The fourth-order valence-corrected chi connectivity index (χ4v) is 3.30. The summed E-state index contributed by atoms with van der Waals surface area (Å²) in [5, 5.41) is 0. The summed E-state index contributed by atoms with van der Waals surface area (Å²) in [7, 11) is 0. The Balaban J connectivity index is 1.72. The van der Waals surface area contributed by atoms with Crippen molar-refractivity contribution in [3.63, 3.8) is 0 Å². The average molecular weight is 328 g/mol. The minimum Gasteiger partial charge on any atom is -0.448 e. The number of aromatic nitrogens is 1. The predicted molar refractivity (Wildman–Crippen MR) is 95.0 cm³/mol. The number of nitrogens with zero attached hydrogens (tertiary/aromatic N) is 2. The van der Waals surface area contributed by atoms with E-state index >= 15 is 0 Å². The minimum atomic E-state index is -0.0247. The lowest BCUT2D eigenvalue weighted by Gasteiger charge is -2.28. The standard InChI is InChI=1S/C20H28N2O2/c1-20(2,3)19-18(21-15-24-19)13-22(17-10-12-23-14-17)11-9-16-7-5-4-6-8-16/h4-8,15,17H,9-14H2,1-3H3. The van der Waals surface area contributed by atoms with E-state index in [9.17, 15) is 0 Å². The fourth-order valence-electron chi connectivity index (χ4n) is 3.30. The van der Waals surface area contributed by atoms with E-state index in [4.69, 9.17) is 9.15 Å². The van der Waals surface area contributed by atoms with E-state index in [0.29, 0.717) is 6.04 Å². The SMILES string of the molecule is CC(C)(C)c1ocnc1CN(CCc1ccccc1)C1CCOC1. The van der Waals surface area contributed by atoms with Gasteiger partial charge >= 0.3 is 0 Å². The van der Waals surface area contributed by atoms with E-state index in [2.05, 4.69) is 61.0 Å². The maximum Gasteiger partial charge on any atom is 0.181 e. The first-order valence-electron chi connectivity index (χ1n) is 8.82. The number of hydrogen-bond acceptors (Lipinski definition) is 4. The monoisotopic (exact) mass is 328 g/mol. The molecule has 4 nitrogen and oxygen atoms in total. The summed E-state index contributed by atoms with van der Waals surface area (Å²) in [6.07, 6.45) is 3.72. The van der Waals surface area contributed by atoms with Gasteiger partial charge in [-0.05, 0) is 18.4 Å². The third-order valence-electron chi connectivity index (χ3n) is 4.63. The highest BCUT2D eigenvalue weighted by atomic mass is 16.5. The van der Waals surface area contributed by atoms with E-state index < -0.39 is 0 Å². The summed E-state index contributed by atoms with van der Waals surface area (Å²) in [6.45, 7) is 10.0. The molecule has 1 aromatic heterocycles. The molecule has 0 aliphatic carbocycles. The van der Waals surface area contributed by atoms with Crippen LogP contribution >= 0.6 is 0 Å². The summed E-state index contributed by atoms with van der Waals surface area (Å²) in [5.74, 6) is 0.992. The molecule has 1 unspecified atom stereocenters. The van der Waals surface area contributed by atoms with Crippen LogP contribution in [0.1, 0.15) is 44.2 Å². The maximum atomic E-state index is 5.69. The molecule has 0 radical (unpaired) electrons. The first-order valence-corrected chi connectivity index (χ1v) is 8.82. The maximum absolute atomic E-state index is 5.69. The molecule has 0 bridgehead atoms. The van der Waals surface area contributed by atoms with E-state index in [1.54, 1.807) is 6.39 Å². The number of ether oxygens (including phenoxy) is 1. The van der Waals surface area contributed by atoms with Crippen molar-refractivity contribution in [3.05, 3.63) is 53.7 Å². The van der Waals surface area contributed by atoms with Crippen LogP contribution in [-0.2, 0) is 23.1 Å². The van der Waals surface area contributed by atoms with Crippen LogP contribution in [0.4, 0.5) is 0 Å². The second-order valence-electron chi connectivity index (χ2n) is 7.60. The van der Waals surface area contributed by atoms with Crippen LogP contribution in [0.25, 0.3) is 0 Å². The number of hydrogen-bond donors (Lipinski definition) is 0. The summed E-state index contributed by atoms with van der Waals surface area (Å²) >= 11 is 0. The van der Waals surface area contributed by atoms with Gasteiger partial charge in [0, 0.05) is 31.2 Å². The number of benzene rings is 1. The Morgan fingerprint density at radius 3 is 2.67 bits per heavy atom. The van der Waals surface area contributed by atoms with Gasteiger partial charge in [-0.1, -0.05) is 51.1 Å². The van der Waals surface area contributed by atoms with E-state index in [-0.39, 0.29) is 5.41 Å². The second kappa shape index (κ2) is 7.49. The smallest absolute Gasteiger partial charge is 0.181 e. The van der Waals surface area contributed by atoms with Crippen molar-refractivity contribution in [2.75, 3.05) is 19.8 Å². The highest BCUT2D eigenvalue weighted by Crippen LogP contribution is 2.27. The normalized spacial score (nSPS) is 18.4. The van der Waals surface area contributed by atoms with Crippen molar-refractivity contribution in [1.29, 1.82) is 0 Å². The average Bonchev–Trinajstić information content (AvgIpc) is 3.23. The molecule has 1 aliphatic heterocycles. The van der Waals surface area contributed by atoms with Crippen molar-refractivity contribution in [1.82, 2.24) is 9.88 Å². The highest BCUT2D eigenvalue weighted by molar-refractivity contribution is 5.17. The zero-order valence-corrected chi connectivity index (χ0v) is 15.0. The van der Waals surface area contributed by atoms with Crippen LogP contribution in [0.3, 0.4) is 0 Å². The van der Waals surface area contributed by atoms with Crippen molar-refractivity contribution >= 4 is 0 Å². The van der Waals surface area contributed by atoms with Gasteiger partial charge < -0.3 is 9.15 Å². The minimum absolute atomic E-state index is 0.0247. The molecule has 3 rings (SSSR count). The predicted octanol–water partition coefficient (Wildman–Crippen LogP) is 3.81. The molecule has 0 saturated carbocycles. The molecule has 1 atom stereocenters. The lowest BCUT2D eigenvalue weighted by atomic mass is 9.91. The molecule has 2 heterocycles. The van der Waals surface area contributed by atoms with Gasteiger partial charge in [0.1, 0.15) is 5.76 Å². The third-order valence-corrected chi connectivity index (χ3v) is 4.63. The molecule has 0 spiro atoms. The lowest BCUT2D eigenvalue weighted by molar-refractivity contribution is 0.138. The van der Waals surface area contributed by atoms with Gasteiger partial charge in [-0.25, -0.2) is 4.98 Å². The van der Waals surface area contributed by atoms with Crippen molar-refractivity contribution in [3.8, 4) is 0 Å². The van der Waals surface area contributed by atoms with Crippen LogP contribution in [0.15, 0.2) is 41.1 Å². The van der Waals surface area contributed by atoms with Crippen molar-refractivity contribution in [2.24, 2.45) is 0 Å². The molecular weight excluding hydrogens is 300 g/mol. The van der Waals surface area contributed by atoms with Crippen LogP contribution < -0.4 is 0 Å². The Hall–Kier alpha value is -1.65. The Morgan fingerprint density at radius 2 is 2.00 bits per heavy atom. The molecule has 2 aromatic rings. The van der Waals surface area contributed by atoms with Gasteiger partial charge in [0.15, 0.2) is 6.39 Å². The molecule has 1 aromatic carbocycles. The molecule has 1 aliphatic rings. The Labute approximate surface area is 144 Å². The van der Waals surface area contributed by atoms with Crippen molar-refractivity contribution < 1.29 is 9.15 Å². The first kappa shape index (κ1) is 17.2. The molecule has 4 heteroatoms. The van der Waals surface area contributed by atoms with E-state index in [1.165, 1.54) is 5.56 Å². The van der Waals surface area contributed by atoms with Crippen LogP contribution in [0.2, 0.25) is 0 Å². The van der Waals surface area contributed by atoms with Gasteiger partial charge in [0.2, 0.25) is 0 Å². The quantitative estimate of drug-likeness (QED) is 0.808. The molecule has 1 fully saturated rings.